The van der Waals surface area contributed by atoms with Crippen LogP contribution in [0.15, 0.2) is 97.1 Å². The zero-order valence-electron chi connectivity index (χ0n) is 18.2. The highest BCUT2D eigenvalue weighted by molar-refractivity contribution is 5.66. The summed E-state index contributed by atoms with van der Waals surface area (Å²) in [5.74, 6) is 1.39. The fourth-order valence-corrected chi connectivity index (χ4v) is 4.02. The lowest BCUT2D eigenvalue weighted by Gasteiger charge is -2.17. The quantitative estimate of drug-likeness (QED) is 0.289. The van der Waals surface area contributed by atoms with Gasteiger partial charge in [0.25, 0.3) is 12.5 Å². The molecule has 0 amide bonds. The molecule has 0 unspecified atom stereocenters. The Hall–Kier alpha value is -4.54. The van der Waals surface area contributed by atoms with Crippen LogP contribution in [0.25, 0.3) is 22.3 Å². The number of nitrogens with zero attached hydrogens (tertiary/aromatic N) is 2. The van der Waals surface area contributed by atoms with Crippen LogP contribution in [0.4, 0.5) is 0 Å². The number of hydrogen-bond acceptors (Lipinski definition) is 4. The molecular formula is C29H22N2O2. The summed E-state index contributed by atoms with van der Waals surface area (Å²) in [6.45, 7) is 2.20. The van der Waals surface area contributed by atoms with E-state index >= 15 is 0 Å². The molecule has 0 aliphatic heterocycles. The molecule has 0 fully saturated rings. The first-order chi connectivity index (χ1) is 16.2. The molecule has 0 bridgehead atoms. The first-order valence-electron chi connectivity index (χ1n) is 10.7. The average molecular weight is 431 g/mol. The largest absolute Gasteiger partial charge is 0.388 e. The average Bonchev–Trinajstić information content (AvgIpc) is 2.87. The highest BCUT2D eigenvalue weighted by Crippen LogP contribution is 2.32. The van der Waals surface area contributed by atoms with E-state index in [1.54, 1.807) is 36.8 Å². The van der Waals surface area contributed by atoms with E-state index in [1.165, 1.54) is 11.1 Å². The summed E-state index contributed by atoms with van der Waals surface area (Å²) in [6.07, 6.45) is 4.38. The van der Waals surface area contributed by atoms with Gasteiger partial charge in [0.05, 0.1) is 0 Å². The zero-order chi connectivity index (χ0) is 23.0. The van der Waals surface area contributed by atoms with Gasteiger partial charge in [0.15, 0.2) is 0 Å². The zero-order valence-corrected chi connectivity index (χ0v) is 18.2. The van der Waals surface area contributed by atoms with Gasteiger partial charge in [-0.15, -0.1) is 10.5 Å². The summed E-state index contributed by atoms with van der Waals surface area (Å²) in [6, 6.07) is 32.3. The number of benzene rings is 4. The molecule has 0 saturated heterocycles. The maximum Gasteiger partial charge on any atom is 0.292 e. The lowest BCUT2D eigenvalue weighted by atomic mass is 9.87. The fraction of sp³-hybridized carbons (Fsp3) is 0.103. The molecule has 0 N–H and O–H groups in total. The number of nitriles is 2. The maximum absolute atomic E-state index is 8.62. The predicted octanol–water partition coefficient (Wildman–Crippen LogP) is 7.28. The van der Waals surface area contributed by atoms with Crippen LogP contribution in [0.1, 0.15) is 30.4 Å². The minimum absolute atomic E-state index is 0.311. The molecule has 4 rings (SSSR count). The Morgan fingerprint density at radius 1 is 0.545 bits per heavy atom. The Morgan fingerprint density at radius 3 is 1.12 bits per heavy atom. The van der Waals surface area contributed by atoms with E-state index in [4.69, 9.17) is 20.0 Å². The third-order valence-corrected chi connectivity index (χ3v) is 5.74. The third-order valence-electron chi connectivity index (χ3n) is 5.74. The van der Waals surface area contributed by atoms with Crippen LogP contribution in [0.2, 0.25) is 0 Å². The summed E-state index contributed by atoms with van der Waals surface area (Å²) in [5, 5.41) is 17.2. The van der Waals surface area contributed by atoms with Gasteiger partial charge < -0.3 is 9.47 Å². The Morgan fingerprint density at radius 2 is 0.848 bits per heavy atom. The van der Waals surface area contributed by atoms with Gasteiger partial charge in [0.1, 0.15) is 11.5 Å². The Labute approximate surface area is 193 Å². The predicted molar refractivity (Wildman–Crippen MR) is 128 cm³/mol. The molecule has 0 spiro atoms. The monoisotopic (exact) mass is 430 g/mol. The van der Waals surface area contributed by atoms with E-state index < -0.39 is 0 Å². The second kappa shape index (κ2) is 10.2. The molecule has 33 heavy (non-hydrogen) atoms. The van der Waals surface area contributed by atoms with Crippen LogP contribution < -0.4 is 9.47 Å². The van der Waals surface area contributed by atoms with E-state index in [9.17, 15) is 0 Å². The summed E-state index contributed by atoms with van der Waals surface area (Å²) in [4.78, 5) is 0. The van der Waals surface area contributed by atoms with Gasteiger partial charge in [-0.3, -0.25) is 0 Å². The molecule has 0 radical (unpaired) electrons. The molecule has 0 saturated carbocycles. The second-order valence-electron chi connectivity index (χ2n) is 7.64. The lowest BCUT2D eigenvalue weighted by Crippen LogP contribution is -1.99. The van der Waals surface area contributed by atoms with E-state index in [1.807, 2.05) is 24.3 Å². The van der Waals surface area contributed by atoms with E-state index in [0.29, 0.717) is 17.4 Å². The number of hydrogen-bond donors (Lipinski definition) is 0. The molecule has 4 heteroatoms. The first-order valence-corrected chi connectivity index (χ1v) is 10.7. The van der Waals surface area contributed by atoms with Gasteiger partial charge in [-0.2, -0.15) is 0 Å². The van der Waals surface area contributed by atoms with E-state index in [-0.39, 0.29) is 0 Å². The van der Waals surface area contributed by atoms with Gasteiger partial charge in [0.2, 0.25) is 0 Å². The summed E-state index contributed by atoms with van der Waals surface area (Å²) in [5.41, 5.74) is 6.95. The van der Waals surface area contributed by atoms with Crippen LogP contribution in [-0.2, 0) is 0 Å². The lowest BCUT2D eigenvalue weighted by molar-refractivity contribution is 0.507. The molecule has 4 aromatic carbocycles. The molecule has 4 aromatic rings. The Balaban J connectivity index is 1.51. The number of ether oxygens (including phenoxy) is 2. The van der Waals surface area contributed by atoms with Gasteiger partial charge >= 0.3 is 0 Å². The van der Waals surface area contributed by atoms with Crippen molar-refractivity contribution in [3.8, 4) is 46.3 Å². The molecular weight excluding hydrogens is 408 g/mol. The standard InChI is InChI=1S/C29H22N2O2/c1-2-29(25-7-3-21(4-8-25)23-11-15-27(16-12-23)32-19-30)26-9-5-22(6-10-26)24-13-17-28(18-14-24)33-20-31/h3-18,29H,2H2,1H3. The molecule has 4 nitrogen and oxygen atoms in total. The Bertz CT molecular complexity index is 1180. The van der Waals surface area contributed by atoms with Crippen molar-refractivity contribution in [3.05, 3.63) is 108 Å². The fourth-order valence-electron chi connectivity index (χ4n) is 4.02. The van der Waals surface area contributed by atoms with Crippen molar-refractivity contribution in [1.82, 2.24) is 0 Å². The molecule has 0 heterocycles. The molecule has 160 valence electrons. The normalized spacial score (nSPS) is 10.3. The maximum atomic E-state index is 8.62. The van der Waals surface area contributed by atoms with Crippen molar-refractivity contribution in [1.29, 1.82) is 10.5 Å². The molecule has 0 aromatic heterocycles. The van der Waals surface area contributed by atoms with Crippen molar-refractivity contribution in [2.45, 2.75) is 19.3 Å². The van der Waals surface area contributed by atoms with Crippen LogP contribution in [0.3, 0.4) is 0 Å². The van der Waals surface area contributed by atoms with Crippen molar-refractivity contribution in [2.75, 3.05) is 0 Å². The minimum Gasteiger partial charge on any atom is -0.388 e. The van der Waals surface area contributed by atoms with Crippen molar-refractivity contribution in [3.63, 3.8) is 0 Å². The molecule has 0 atom stereocenters. The van der Waals surface area contributed by atoms with Crippen LogP contribution in [-0.4, -0.2) is 0 Å². The van der Waals surface area contributed by atoms with Crippen molar-refractivity contribution < 1.29 is 9.47 Å². The number of rotatable bonds is 7. The smallest absolute Gasteiger partial charge is 0.292 e. The highest BCUT2D eigenvalue weighted by atomic mass is 16.5. The van der Waals surface area contributed by atoms with Gasteiger partial charge in [0, 0.05) is 5.92 Å². The van der Waals surface area contributed by atoms with Crippen LogP contribution in [0, 0.1) is 23.0 Å². The first kappa shape index (κ1) is 21.7. The van der Waals surface area contributed by atoms with E-state index in [2.05, 4.69) is 55.5 Å². The molecule has 0 aliphatic carbocycles. The highest BCUT2D eigenvalue weighted by Gasteiger charge is 2.13. The summed E-state index contributed by atoms with van der Waals surface area (Å²) in [7, 11) is 0. The van der Waals surface area contributed by atoms with Gasteiger partial charge in [-0.05, 0) is 64.1 Å². The van der Waals surface area contributed by atoms with Crippen LogP contribution in [0.5, 0.6) is 11.5 Å². The van der Waals surface area contributed by atoms with Crippen molar-refractivity contribution >= 4 is 0 Å². The van der Waals surface area contributed by atoms with Crippen LogP contribution >= 0.6 is 0 Å². The summed E-state index contributed by atoms with van der Waals surface area (Å²) < 4.78 is 9.70. The topological polar surface area (TPSA) is 66.0 Å². The summed E-state index contributed by atoms with van der Waals surface area (Å²) >= 11 is 0. The SMILES string of the molecule is CCC(c1ccc(-c2ccc(OC#N)cc2)cc1)c1ccc(-c2ccc(OC#N)cc2)cc1. The van der Waals surface area contributed by atoms with Gasteiger partial charge in [-0.25, -0.2) is 0 Å². The van der Waals surface area contributed by atoms with Crippen molar-refractivity contribution in [2.24, 2.45) is 0 Å². The molecule has 0 aliphatic rings. The minimum atomic E-state index is 0.311. The third kappa shape index (κ3) is 5.03. The Kier molecular flexibility index (Phi) is 6.69. The second-order valence-corrected chi connectivity index (χ2v) is 7.64. The van der Waals surface area contributed by atoms with Gasteiger partial charge in [-0.1, -0.05) is 79.7 Å². The van der Waals surface area contributed by atoms with E-state index in [0.717, 1.165) is 28.7 Å².